The molecule has 0 aromatic rings. The van der Waals surface area contributed by atoms with Crippen molar-refractivity contribution in [1.82, 2.24) is 5.32 Å². The third-order valence-corrected chi connectivity index (χ3v) is 2.90. The molecule has 0 unspecified atom stereocenters. The summed E-state index contributed by atoms with van der Waals surface area (Å²) < 4.78 is 5.39. The predicted octanol–water partition coefficient (Wildman–Crippen LogP) is 0.773. The van der Waals surface area contributed by atoms with Gasteiger partial charge in [0.1, 0.15) is 0 Å². The predicted molar refractivity (Wildman–Crippen MR) is 39.9 cm³/mol. The van der Waals surface area contributed by atoms with E-state index >= 15 is 0 Å². The standard InChI is InChI=1S/C8H15NO/c1-10-8-4-7-3-2-6(8)5-9-7/h6-9H,2-5H2,1H3/t6-,7+,8+/m0/s1. The molecule has 1 aliphatic carbocycles. The summed E-state index contributed by atoms with van der Waals surface area (Å²) in [6, 6.07) is 0.759. The topological polar surface area (TPSA) is 21.3 Å². The fraction of sp³-hybridized carbons (Fsp3) is 1.00. The minimum Gasteiger partial charge on any atom is -0.381 e. The molecule has 0 radical (unpaired) electrons. The van der Waals surface area contributed by atoms with Crippen LogP contribution in [0.1, 0.15) is 19.3 Å². The summed E-state index contributed by atoms with van der Waals surface area (Å²) >= 11 is 0. The van der Waals surface area contributed by atoms with Crippen molar-refractivity contribution in [2.45, 2.75) is 31.4 Å². The average Bonchev–Trinajstić information content (AvgIpc) is 2.06. The van der Waals surface area contributed by atoms with E-state index in [1.54, 1.807) is 0 Å². The maximum Gasteiger partial charge on any atom is 0.0626 e. The third kappa shape index (κ3) is 0.956. The molecule has 3 atom stereocenters. The van der Waals surface area contributed by atoms with Crippen LogP contribution in [0.25, 0.3) is 0 Å². The van der Waals surface area contributed by atoms with Gasteiger partial charge >= 0.3 is 0 Å². The van der Waals surface area contributed by atoms with Gasteiger partial charge in [0.05, 0.1) is 6.10 Å². The number of nitrogens with one attached hydrogen (secondary N) is 1. The van der Waals surface area contributed by atoms with Crippen LogP contribution in [0.2, 0.25) is 0 Å². The van der Waals surface area contributed by atoms with Gasteiger partial charge in [0, 0.05) is 19.7 Å². The number of piperidine rings is 2. The van der Waals surface area contributed by atoms with Gasteiger partial charge in [-0.3, -0.25) is 0 Å². The number of ether oxygens (including phenoxy) is 1. The molecule has 2 heterocycles. The Morgan fingerprint density at radius 2 is 2.30 bits per heavy atom. The second kappa shape index (κ2) is 2.51. The van der Waals surface area contributed by atoms with E-state index in [2.05, 4.69) is 5.32 Å². The lowest BCUT2D eigenvalue weighted by Gasteiger charge is -2.42. The Kier molecular flexibility index (Phi) is 1.66. The van der Waals surface area contributed by atoms with Crippen LogP contribution in [0.15, 0.2) is 0 Å². The van der Waals surface area contributed by atoms with Gasteiger partial charge in [-0.1, -0.05) is 0 Å². The van der Waals surface area contributed by atoms with Crippen LogP contribution in [-0.4, -0.2) is 25.8 Å². The van der Waals surface area contributed by atoms with Crippen LogP contribution in [0.5, 0.6) is 0 Å². The van der Waals surface area contributed by atoms with Crippen molar-refractivity contribution in [1.29, 1.82) is 0 Å². The molecule has 1 saturated carbocycles. The van der Waals surface area contributed by atoms with Crippen LogP contribution in [0.3, 0.4) is 0 Å². The van der Waals surface area contributed by atoms with Gasteiger partial charge in [0.25, 0.3) is 0 Å². The highest BCUT2D eigenvalue weighted by molar-refractivity contribution is 4.91. The van der Waals surface area contributed by atoms with Crippen molar-refractivity contribution >= 4 is 0 Å². The quantitative estimate of drug-likeness (QED) is 0.582. The van der Waals surface area contributed by atoms with Gasteiger partial charge in [-0.25, -0.2) is 0 Å². The molecular formula is C8H15NO. The first kappa shape index (κ1) is 6.62. The van der Waals surface area contributed by atoms with E-state index in [1.807, 2.05) is 7.11 Å². The first-order valence-corrected chi connectivity index (χ1v) is 4.16. The van der Waals surface area contributed by atoms with Crippen LogP contribution >= 0.6 is 0 Å². The molecule has 10 heavy (non-hydrogen) atoms. The van der Waals surface area contributed by atoms with Crippen molar-refractivity contribution < 1.29 is 4.74 Å². The van der Waals surface area contributed by atoms with Gasteiger partial charge in [-0.05, 0) is 25.2 Å². The molecule has 2 bridgehead atoms. The molecule has 2 heteroatoms. The van der Waals surface area contributed by atoms with Gasteiger partial charge in [-0.2, -0.15) is 0 Å². The molecule has 2 saturated heterocycles. The molecule has 0 aromatic heterocycles. The molecule has 3 aliphatic rings. The van der Waals surface area contributed by atoms with E-state index in [-0.39, 0.29) is 0 Å². The molecule has 3 rings (SSSR count). The Balaban J connectivity index is 2.01. The Morgan fingerprint density at radius 3 is 2.60 bits per heavy atom. The van der Waals surface area contributed by atoms with Crippen molar-refractivity contribution in [2.24, 2.45) is 5.92 Å². The summed E-state index contributed by atoms with van der Waals surface area (Å²) in [6.45, 7) is 1.18. The molecule has 0 spiro atoms. The van der Waals surface area contributed by atoms with E-state index in [4.69, 9.17) is 4.74 Å². The van der Waals surface area contributed by atoms with Gasteiger partial charge in [0.15, 0.2) is 0 Å². The zero-order valence-electron chi connectivity index (χ0n) is 6.47. The molecule has 1 N–H and O–H groups in total. The zero-order chi connectivity index (χ0) is 6.97. The monoisotopic (exact) mass is 141 g/mol. The van der Waals surface area contributed by atoms with E-state index in [0.717, 1.165) is 12.0 Å². The second-order valence-corrected chi connectivity index (χ2v) is 3.45. The van der Waals surface area contributed by atoms with Crippen molar-refractivity contribution in [3.05, 3.63) is 0 Å². The Labute approximate surface area is 61.9 Å². The smallest absolute Gasteiger partial charge is 0.0626 e. The number of hydrogen-bond donors (Lipinski definition) is 1. The van der Waals surface area contributed by atoms with Crippen molar-refractivity contribution in [2.75, 3.05) is 13.7 Å². The van der Waals surface area contributed by atoms with Crippen LogP contribution in [-0.2, 0) is 4.74 Å². The first-order valence-electron chi connectivity index (χ1n) is 4.16. The summed E-state index contributed by atoms with van der Waals surface area (Å²) in [6.07, 6.45) is 4.53. The lowest BCUT2D eigenvalue weighted by Crippen LogP contribution is -2.52. The lowest BCUT2D eigenvalue weighted by molar-refractivity contribution is -0.0122. The van der Waals surface area contributed by atoms with E-state index in [9.17, 15) is 0 Å². The first-order chi connectivity index (χ1) is 4.90. The minimum atomic E-state index is 0.556. The van der Waals surface area contributed by atoms with Crippen molar-refractivity contribution in [3.8, 4) is 0 Å². The normalized spacial score (nSPS) is 45.9. The maximum atomic E-state index is 5.39. The molecular weight excluding hydrogens is 126 g/mol. The Bertz CT molecular complexity index is 118. The summed E-state index contributed by atoms with van der Waals surface area (Å²) in [5.74, 6) is 0.801. The highest BCUT2D eigenvalue weighted by Crippen LogP contribution is 2.30. The summed E-state index contributed by atoms with van der Waals surface area (Å²) in [7, 11) is 1.84. The van der Waals surface area contributed by atoms with E-state index in [0.29, 0.717) is 6.10 Å². The van der Waals surface area contributed by atoms with E-state index < -0.39 is 0 Å². The molecule has 3 fully saturated rings. The van der Waals surface area contributed by atoms with Gasteiger partial charge in [-0.15, -0.1) is 0 Å². The van der Waals surface area contributed by atoms with Crippen molar-refractivity contribution in [3.63, 3.8) is 0 Å². The molecule has 0 aromatic carbocycles. The number of methoxy groups -OCH3 is 1. The summed E-state index contributed by atoms with van der Waals surface area (Å²) in [5.41, 5.74) is 0. The second-order valence-electron chi connectivity index (χ2n) is 3.45. The SMILES string of the molecule is CO[C@@H]1C[C@H]2CC[C@H]1CN2. The summed E-state index contributed by atoms with van der Waals surface area (Å²) in [4.78, 5) is 0. The highest BCUT2D eigenvalue weighted by atomic mass is 16.5. The molecule has 2 nitrogen and oxygen atoms in total. The maximum absolute atomic E-state index is 5.39. The lowest BCUT2D eigenvalue weighted by atomic mass is 9.79. The molecule has 58 valence electrons. The van der Waals surface area contributed by atoms with Crippen LogP contribution in [0, 0.1) is 5.92 Å². The summed E-state index contributed by atoms with van der Waals surface area (Å²) in [5, 5.41) is 3.50. The van der Waals surface area contributed by atoms with Crippen LogP contribution < -0.4 is 5.32 Å². The average molecular weight is 141 g/mol. The van der Waals surface area contributed by atoms with Gasteiger partial charge in [0.2, 0.25) is 0 Å². The highest BCUT2D eigenvalue weighted by Gasteiger charge is 2.34. The fourth-order valence-electron chi connectivity index (χ4n) is 2.22. The number of hydrogen-bond acceptors (Lipinski definition) is 2. The Hall–Kier alpha value is -0.0800. The fourth-order valence-corrected chi connectivity index (χ4v) is 2.22. The minimum absolute atomic E-state index is 0.556. The third-order valence-electron chi connectivity index (χ3n) is 2.90. The Morgan fingerprint density at radius 1 is 1.40 bits per heavy atom. The number of rotatable bonds is 1. The number of fused-ring (bicyclic) bond motifs is 3. The van der Waals surface area contributed by atoms with Crippen LogP contribution in [0.4, 0.5) is 0 Å². The van der Waals surface area contributed by atoms with Gasteiger partial charge < -0.3 is 10.1 Å². The van der Waals surface area contributed by atoms with E-state index in [1.165, 1.54) is 25.8 Å². The molecule has 0 amide bonds. The largest absolute Gasteiger partial charge is 0.381 e. The zero-order valence-corrected chi connectivity index (χ0v) is 6.47. The molecule has 2 aliphatic heterocycles.